The van der Waals surface area contributed by atoms with Crippen LogP contribution in [0.5, 0.6) is 0 Å². The van der Waals surface area contributed by atoms with Gasteiger partial charge in [-0.05, 0) is 104 Å². The minimum absolute atomic E-state index is 0.0774. The molecule has 0 heterocycles. The summed E-state index contributed by atoms with van der Waals surface area (Å²) in [6, 6.07) is 0.194. The molecule has 0 aromatic rings. The van der Waals surface area contributed by atoms with E-state index >= 15 is 0 Å². The highest BCUT2D eigenvalue weighted by atomic mass is 16.4. The molecule has 0 aromatic heterocycles. The van der Waals surface area contributed by atoms with Crippen molar-refractivity contribution in [2.75, 3.05) is 0 Å². The molecule has 290 valence electrons. The molecule has 4 saturated carbocycles. The van der Waals surface area contributed by atoms with Crippen molar-refractivity contribution < 1.29 is 24.9 Å². The highest BCUT2D eigenvalue weighted by Crippen LogP contribution is 2.68. The molecule has 0 aromatic carbocycles. The lowest BCUT2D eigenvalue weighted by atomic mass is 9.43. The maximum absolute atomic E-state index is 13.0. The molecule has 0 bridgehead atoms. The van der Waals surface area contributed by atoms with Crippen LogP contribution in [0.4, 0.5) is 0 Å². The predicted molar refractivity (Wildman–Crippen MR) is 205 cm³/mol. The van der Waals surface area contributed by atoms with E-state index in [0.29, 0.717) is 30.6 Å². The second-order valence-corrected chi connectivity index (χ2v) is 18.5. The van der Waals surface area contributed by atoms with Crippen LogP contribution in [0.1, 0.15) is 201 Å². The van der Waals surface area contributed by atoms with Crippen LogP contribution < -0.4 is 5.32 Å². The molecule has 11 atom stereocenters. The van der Waals surface area contributed by atoms with Crippen LogP contribution in [0, 0.1) is 46.3 Å². The van der Waals surface area contributed by atoms with Gasteiger partial charge >= 0.3 is 5.97 Å². The molecule has 1 amide bonds. The van der Waals surface area contributed by atoms with Gasteiger partial charge in [-0.15, -0.1) is 0 Å². The van der Waals surface area contributed by atoms with Crippen LogP contribution in [0.2, 0.25) is 0 Å². The van der Waals surface area contributed by atoms with E-state index in [1.165, 1.54) is 96.3 Å². The molecule has 50 heavy (non-hydrogen) atoms. The molecule has 4 fully saturated rings. The van der Waals surface area contributed by atoms with Crippen molar-refractivity contribution in [3.05, 3.63) is 0 Å². The summed E-state index contributed by atoms with van der Waals surface area (Å²) in [4.78, 5) is 24.2. The van der Waals surface area contributed by atoms with Gasteiger partial charge in [-0.3, -0.25) is 9.59 Å². The summed E-state index contributed by atoms with van der Waals surface area (Å²) in [7, 11) is 0. The van der Waals surface area contributed by atoms with Crippen molar-refractivity contribution in [1.29, 1.82) is 0 Å². The fourth-order valence-corrected chi connectivity index (χ4v) is 12.1. The highest BCUT2D eigenvalue weighted by molar-refractivity contribution is 5.76. The van der Waals surface area contributed by atoms with Crippen LogP contribution in [-0.2, 0) is 9.59 Å². The fourth-order valence-electron chi connectivity index (χ4n) is 12.1. The Morgan fingerprint density at radius 3 is 1.84 bits per heavy atom. The number of hydrogen-bond donors (Lipinski definition) is 4. The van der Waals surface area contributed by atoms with Crippen molar-refractivity contribution in [3.63, 3.8) is 0 Å². The number of fused-ring (bicyclic) bond motifs is 5. The van der Waals surface area contributed by atoms with Gasteiger partial charge in [0, 0.05) is 18.9 Å². The number of aliphatic hydroxyl groups excluding tert-OH is 2. The van der Waals surface area contributed by atoms with Gasteiger partial charge in [-0.1, -0.05) is 130 Å². The first-order valence-electron chi connectivity index (χ1n) is 21.9. The normalized spacial score (nSPS) is 35.6. The summed E-state index contributed by atoms with van der Waals surface area (Å²) < 4.78 is 0. The van der Waals surface area contributed by atoms with Gasteiger partial charge in [0.2, 0.25) is 5.91 Å². The van der Waals surface area contributed by atoms with E-state index < -0.39 is 12.1 Å². The number of amides is 1. The Morgan fingerprint density at radius 1 is 0.720 bits per heavy atom. The quantitative estimate of drug-likeness (QED) is 0.0794. The Bertz CT molecular complexity index is 1020. The van der Waals surface area contributed by atoms with E-state index in [1.807, 2.05) is 0 Å². The average Bonchev–Trinajstić information content (AvgIpc) is 3.44. The third-order valence-electron chi connectivity index (χ3n) is 15.2. The topological polar surface area (TPSA) is 107 Å². The second-order valence-electron chi connectivity index (χ2n) is 18.5. The number of nitrogens with one attached hydrogen (secondary N) is 1. The zero-order valence-electron chi connectivity index (χ0n) is 32.9. The molecule has 3 unspecified atom stereocenters. The minimum atomic E-state index is -0.746. The maximum Gasteiger partial charge on any atom is 0.303 e. The van der Waals surface area contributed by atoms with Crippen molar-refractivity contribution in [2.24, 2.45) is 46.3 Å². The summed E-state index contributed by atoms with van der Waals surface area (Å²) >= 11 is 0. The number of unbranched alkanes of at least 4 members (excludes halogenated alkanes) is 16. The first kappa shape index (κ1) is 41.6. The van der Waals surface area contributed by atoms with Gasteiger partial charge in [-0.25, -0.2) is 0 Å². The Balaban J connectivity index is 1.10. The molecular weight excluding hydrogens is 622 g/mol. The van der Waals surface area contributed by atoms with Crippen LogP contribution in [-0.4, -0.2) is 45.4 Å². The van der Waals surface area contributed by atoms with E-state index in [0.717, 1.165) is 57.8 Å². The molecule has 4 rings (SSSR count). The van der Waals surface area contributed by atoms with Crippen LogP contribution >= 0.6 is 0 Å². The first-order valence-corrected chi connectivity index (χ1v) is 21.9. The lowest BCUT2D eigenvalue weighted by molar-refractivity contribution is -0.202. The van der Waals surface area contributed by atoms with E-state index in [-0.39, 0.29) is 53.1 Å². The Hall–Kier alpha value is -1.14. The van der Waals surface area contributed by atoms with E-state index in [9.17, 15) is 24.9 Å². The van der Waals surface area contributed by atoms with Gasteiger partial charge in [0.1, 0.15) is 0 Å². The van der Waals surface area contributed by atoms with Crippen molar-refractivity contribution in [1.82, 2.24) is 5.32 Å². The average molecular weight is 702 g/mol. The number of aliphatic carboxylic acids is 1. The molecule has 0 saturated heterocycles. The standard InChI is InChI=1S/C44H79NO5/c1-5-6-7-8-9-10-11-12-13-14-15-16-17-18-19-20-21-22-40(48)45-34-27-28-43(3)33(29-34)30-38(46)42-36-25-24-35(32(2)23-26-41(49)50)44(36,4)39(47)31-37(42)43/h32-39,42,46-47H,5-31H2,1-4H3,(H,45,48)(H,49,50)/t32-,33+,34+,35-,36?,37?,38-,39+,42?,43+,44-/m1/s1. The number of carbonyl (C=O) groups is 2. The number of rotatable bonds is 23. The molecule has 4 aliphatic carbocycles. The molecule has 0 radical (unpaired) electrons. The number of aliphatic hydroxyl groups is 2. The smallest absolute Gasteiger partial charge is 0.303 e. The largest absolute Gasteiger partial charge is 0.481 e. The van der Waals surface area contributed by atoms with Crippen molar-refractivity contribution in [3.8, 4) is 0 Å². The van der Waals surface area contributed by atoms with Crippen molar-refractivity contribution in [2.45, 2.75) is 219 Å². The summed E-state index contributed by atoms with van der Waals surface area (Å²) in [5, 5.41) is 36.2. The Labute approximate surface area is 307 Å². The molecule has 4 N–H and O–H groups in total. The third-order valence-corrected chi connectivity index (χ3v) is 15.2. The maximum atomic E-state index is 13.0. The number of carbonyl (C=O) groups excluding carboxylic acids is 1. The third kappa shape index (κ3) is 10.7. The van der Waals surface area contributed by atoms with Gasteiger partial charge in [-0.2, -0.15) is 0 Å². The fraction of sp³-hybridized carbons (Fsp3) is 0.955. The first-order chi connectivity index (χ1) is 24.0. The Kier molecular flexibility index (Phi) is 16.9. The van der Waals surface area contributed by atoms with Gasteiger partial charge in [0.05, 0.1) is 12.2 Å². The van der Waals surface area contributed by atoms with Crippen LogP contribution in [0.3, 0.4) is 0 Å². The monoisotopic (exact) mass is 702 g/mol. The van der Waals surface area contributed by atoms with E-state index in [2.05, 4.69) is 33.0 Å². The van der Waals surface area contributed by atoms with Gasteiger partial charge in [0.25, 0.3) is 0 Å². The molecule has 6 nitrogen and oxygen atoms in total. The zero-order chi connectivity index (χ0) is 36.1. The lowest BCUT2D eigenvalue weighted by Gasteiger charge is -2.63. The highest BCUT2D eigenvalue weighted by Gasteiger charge is 2.65. The number of carboxylic acid groups (broad SMARTS) is 1. The zero-order valence-corrected chi connectivity index (χ0v) is 32.9. The molecule has 0 aliphatic heterocycles. The summed E-state index contributed by atoms with van der Waals surface area (Å²) in [5.74, 6) is 1.14. The predicted octanol–water partition coefficient (Wildman–Crippen LogP) is 10.6. The van der Waals surface area contributed by atoms with Crippen molar-refractivity contribution >= 4 is 11.9 Å². The Morgan fingerprint density at radius 2 is 1.28 bits per heavy atom. The van der Waals surface area contributed by atoms with E-state index in [1.54, 1.807) is 0 Å². The molecule has 6 heteroatoms. The molecule has 0 spiro atoms. The minimum Gasteiger partial charge on any atom is -0.481 e. The number of carboxylic acids is 1. The lowest BCUT2D eigenvalue weighted by Crippen LogP contribution is -2.63. The van der Waals surface area contributed by atoms with Crippen LogP contribution in [0.25, 0.3) is 0 Å². The summed E-state index contributed by atoms with van der Waals surface area (Å²) in [5.41, 5.74) is -0.186. The molecular formula is C44H79NO5. The number of hydrogen-bond acceptors (Lipinski definition) is 4. The van der Waals surface area contributed by atoms with Gasteiger partial charge in [0.15, 0.2) is 0 Å². The SMILES string of the molecule is CCCCCCCCCCCCCCCCCCCC(=O)N[C@H]1CC[C@]2(C)C3C[C@H](O)[C@@]4(C)C(CC[C@@H]4[C@H](C)CCC(=O)O)C3[C@H](O)C[C@@H]2C1. The summed E-state index contributed by atoms with van der Waals surface area (Å²) in [6.07, 6.45) is 30.1. The van der Waals surface area contributed by atoms with Crippen LogP contribution in [0.15, 0.2) is 0 Å². The summed E-state index contributed by atoms with van der Waals surface area (Å²) in [6.45, 7) is 9.13. The van der Waals surface area contributed by atoms with E-state index in [4.69, 9.17) is 0 Å². The second kappa shape index (κ2) is 20.4. The van der Waals surface area contributed by atoms with Gasteiger partial charge < -0.3 is 20.6 Å². The molecule has 4 aliphatic rings.